The summed E-state index contributed by atoms with van der Waals surface area (Å²) in [5.41, 5.74) is 4.91. The molecule has 2 nitrogen and oxygen atoms in total. The summed E-state index contributed by atoms with van der Waals surface area (Å²) in [6.45, 7) is 3.76. The van der Waals surface area contributed by atoms with Crippen LogP contribution in [0.15, 0.2) is 0 Å². The van der Waals surface area contributed by atoms with Crippen molar-refractivity contribution < 1.29 is 25.1 Å². The average molecular weight is 109 g/mol. The second kappa shape index (κ2) is 5.21. The molecule has 3 heteroatoms. The second-order valence-electron chi connectivity index (χ2n) is 1.71. The van der Waals surface area contributed by atoms with E-state index in [1.54, 1.807) is 0 Å². The molecule has 0 fully saturated rings. The van der Waals surface area contributed by atoms with Crippen LogP contribution in [-0.2, 0) is 4.79 Å². The number of rotatable bonds is 2. The first-order chi connectivity index (χ1) is 3.18. The summed E-state index contributed by atoms with van der Waals surface area (Å²) in [7, 11) is 0. The molecule has 0 saturated heterocycles. The van der Waals surface area contributed by atoms with E-state index in [0.717, 1.165) is 6.42 Å². The SMILES string of the molecule is CCC(C)C(N)=O.[H-].[Li+]. The summed E-state index contributed by atoms with van der Waals surface area (Å²) in [6, 6.07) is 0. The molecule has 1 amide bonds. The minimum atomic E-state index is -0.206. The molecule has 0 aliphatic carbocycles. The molecule has 0 rings (SSSR count). The zero-order valence-electron chi connectivity index (χ0n) is 6.77. The van der Waals surface area contributed by atoms with Crippen LogP contribution < -0.4 is 24.6 Å². The Bertz CT molecular complexity index is 79.4. The zero-order valence-corrected chi connectivity index (χ0v) is 5.77. The molecule has 0 spiro atoms. The maximum Gasteiger partial charge on any atom is 1.00 e. The van der Waals surface area contributed by atoms with E-state index in [0.29, 0.717) is 0 Å². The van der Waals surface area contributed by atoms with Gasteiger partial charge in [-0.15, -0.1) is 0 Å². The third kappa shape index (κ3) is 4.23. The largest absolute Gasteiger partial charge is 1.00 e. The summed E-state index contributed by atoms with van der Waals surface area (Å²) in [6.07, 6.45) is 0.843. The molecule has 1 atom stereocenters. The van der Waals surface area contributed by atoms with E-state index in [1.165, 1.54) is 0 Å². The molecule has 0 aromatic rings. The number of hydrogen-bond acceptors (Lipinski definition) is 1. The first kappa shape index (κ1) is 10.9. The second-order valence-corrected chi connectivity index (χ2v) is 1.71. The molecule has 0 bridgehead atoms. The smallest absolute Gasteiger partial charge is 1.00 e. The summed E-state index contributed by atoms with van der Waals surface area (Å²) in [5, 5.41) is 0. The topological polar surface area (TPSA) is 43.1 Å². The zero-order chi connectivity index (χ0) is 5.86. The van der Waals surface area contributed by atoms with Crippen molar-refractivity contribution >= 4 is 5.91 Å². The normalized spacial score (nSPS) is 11.8. The molecule has 0 aromatic carbocycles. The van der Waals surface area contributed by atoms with Gasteiger partial charge >= 0.3 is 18.9 Å². The van der Waals surface area contributed by atoms with Gasteiger partial charge in [0.05, 0.1) is 0 Å². The monoisotopic (exact) mass is 109 g/mol. The van der Waals surface area contributed by atoms with Gasteiger partial charge in [0, 0.05) is 5.92 Å². The first-order valence-electron chi connectivity index (χ1n) is 2.47. The van der Waals surface area contributed by atoms with Crippen LogP contribution in [0.2, 0.25) is 0 Å². The van der Waals surface area contributed by atoms with Gasteiger partial charge in [-0.3, -0.25) is 4.79 Å². The summed E-state index contributed by atoms with van der Waals surface area (Å²) < 4.78 is 0. The minimum absolute atomic E-state index is 0. The maximum atomic E-state index is 10.2. The molecular formula is C5H12LiNO. The van der Waals surface area contributed by atoms with Crippen LogP contribution in [0.3, 0.4) is 0 Å². The first-order valence-corrected chi connectivity index (χ1v) is 2.47. The molecule has 0 aliphatic rings. The van der Waals surface area contributed by atoms with E-state index in [2.05, 4.69) is 0 Å². The van der Waals surface area contributed by atoms with Crippen LogP contribution in [0.4, 0.5) is 0 Å². The molecular weight excluding hydrogens is 97.0 g/mol. The van der Waals surface area contributed by atoms with Crippen molar-refractivity contribution in [1.29, 1.82) is 0 Å². The van der Waals surface area contributed by atoms with Gasteiger partial charge < -0.3 is 7.16 Å². The van der Waals surface area contributed by atoms with Crippen molar-refractivity contribution in [3.63, 3.8) is 0 Å². The summed E-state index contributed by atoms with van der Waals surface area (Å²) in [5.74, 6) is -0.164. The Morgan fingerprint density at radius 1 is 1.88 bits per heavy atom. The Hall–Kier alpha value is 0.0674. The van der Waals surface area contributed by atoms with Crippen molar-refractivity contribution in [2.24, 2.45) is 11.7 Å². The van der Waals surface area contributed by atoms with Gasteiger partial charge in [0.1, 0.15) is 0 Å². The molecule has 0 radical (unpaired) electrons. The van der Waals surface area contributed by atoms with Gasteiger partial charge in [-0.1, -0.05) is 13.8 Å². The van der Waals surface area contributed by atoms with E-state index in [-0.39, 0.29) is 32.1 Å². The van der Waals surface area contributed by atoms with Gasteiger partial charge in [-0.05, 0) is 6.42 Å². The molecule has 1 unspecified atom stereocenters. The van der Waals surface area contributed by atoms with E-state index < -0.39 is 0 Å². The number of nitrogens with two attached hydrogens (primary N) is 1. The van der Waals surface area contributed by atoms with Crippen molar-refractivity contribution in [2.45, 2.75) is 20.3 Å². The molecule has 0 aliphatic heterocycles. The quantitative estimate of drug-likeness (QED) is 0.396. The minimum Gasteiger partial charge on any atom is -1.00 e. The average Bonchev–Trinajstić information content (AvgIpc) is 1.65. The maximum absolute atomic E-state index is 10.2. The van der Waals surface area contributed by atoms with Crippen LogP contribution in [-0.4, -0.2) is 5.91 Å². The van der Waals surface area contributed by atoms with Crippen LogP contribution >= 0.6 is 0 Å². The summed E-state index contributed by atoms with van der Waals surface area (Å²) in [4.78, 5) is 10.2. The van der Waals surface area contributed by atoms with Crippen LogP contribution in [0.25, 0.3) is 0 Å². The van der Waals surface area contributed by atoms with E-state index in [9.17, 15) is 4.79 Å². The number of amides is 1. The van der Waals surface area contributed by atoms with E-state index in [1.807, 2.05) is 13.8 Å². The van der Waals surface area contributed by atoms with Crippen molar-refractivity contribution in [3.05, 3.63) is 0 Å². The summed E-state index contributed by atoms with van der Waals surface area (Å²) >= 11 is 0. The van der Waals surface area contributed by atoms with Crippen LogP contribution in [0, 0.1) is 5.92 Å². The van der Waals surface area contributed by atoms with Crippen molar-refractivity contribution in [3.8, 4) is 0 Å². The molecule has 0 heterocycles. The molecule has 8 heavy (non-hydrogen) atoms. The Balaban J connectivity index is -0.000000180. The fraction of sp³-hybridized carbons (Fsp3) is 0.800. The van der Waals surface area contributed by atoms with Gasteiger partial charge in [-0.25, -0.2) is 0 Å². The predicted octanol–water partition coefficient (Wildman–Crippen LogP) is -2.37. The fourth-order valence-electron chi connectivity index (χ4n) is 0.201. The Morgan fingerprint density at radius 2 is 2.25 bits per heavy atom. The molecule has 0 aromatic heterocycles. The van der Waals surface area contributed by atoms with E-state index >= 15 is 0 Å². The fourth-order valence-corrected chi connectivity index (χ4v) is 0.201. The Labute approximate surface area is 63.5 Å². The number of carbonyl (C=O) groups is 1. The van der Waals surface area contributed by atoms with Gasteiger partial charge in [-0.2, -0.15) is 0 Å². The van der Waals surface area contributed by atoms with Gasteiger partial charge in [0.25, 0.3) is 0 Å². The van der Waals surface area contributed by atoms with Crippen LogP contribution in [0.1, 0.15) is 21.7 Å². The molecule has 0 saturated carbocycles. The third-order valence-corrected chi connectivity index (χ3v) is 1.10. The molecule has 2 N–H and O–H groups in total. The van der Waals surface area contributed by atoms with Crippen molar-refractivity contribution in [2.75, 3.05) is 0 Å². The Morgan fingerprint density at radius 3 is 2.25 bits per heavy atom. The number of primary amides is 1. The van der Waals surface area contributed by atoms with E-state index in [4.69, 9.17) is 5.73 Å². The number of carbonyl (C=O) groups excluding carboxylic acids is 1. The van der Waals surface area contributed by atoms with Gasteiger partial charge in [0.2, 0.25) is 5.91 Å². The van der Waals surface area contributed by atoms with Crippen LogP contribution in [0.5, 0.6) is 0 Å². The van der Waals surface area contributed by atoms with Crippen molar-refractivity contribution in [1.82, 2.24) is 0 Å². The molecule has 44 valence electrons. The number of hydrogen-bond donors (Lipinski definition) is 1. The van der Waals surface area contributed by atoms with Gasteiger partial charge in [0.15, 0.2) is 0 Å². The third-order valence-electron chi connectivity index (χ3n) is 1.10. The predicted molar refractivity (Wildman–Crippen MR) is 29.8 cm³/mol. The Kier molecular flexibility index (Phi) is 7.13. The standard InChI is InChI=1S/C5H11NO.Li.H/c1-3-4(2)5(6)7;;/h4H,3H2,1-2H3,(H2,6,7);;/q;+1;-1.